The first-order valence-electron chi connectivity index (χ1n) is 5.55. The molecule has 98 valence electrons. The Morgan fingerprint density at radius 1 is 1.47 bits per heavy atom. The molecule has 0 heterocycles. The van der Waals surface area contributed by atoms with Gasteiger partial charge in [0.15, 0.2) is 0 Å². The van der Waals surface area contributed by atoms with Gasteiger partial charge in [0, 0.05) is 11.5 Å². The van der Waals surface area contributed by atoms with E-state index in [1.54, 1.807) is 27.7 Å². The molecule has 0 aliphatic rings. The summed E-state index contributed by atoms with van der Waals surface area (Å²) in [5.74, 6) is 0. The molecule has 0 N–H and O–H groups in total. The summed E-state index contributed by atoms with van der Waals surface area (Å²) in [6.07, 6.45) is 0.00354. The van der Waals surface area contributed by atoms with Crippen LogP contribution in [0.5, 0.6) is 0 Å². The molecule has 0 saturated heterocycles. The van der Waals surface area contributed by atoms with Gasteiger partial charge in [0.25, 0.3) is 0 Å². The fourth-order valence-corrected chi connectivity index (χ4v) is 1.01. The highest BCUT2D eigenvalue weighted by molar-refractivity contribution is 5.66. The Morgan fingerprint density at radius 2 is 2.12 bits per heavy atom. The van der Waals surface area contributed by atoms with E-state index < -0.39 is 11.7 Å². The van der Waals surface area contributed by atoms with Crippen LogP contribution in [0.3, 0.4) is 0 Å². The van der Waals surface area contributed by atoms with Crippen LogP contribution < -0.4 is 0 Å². The molecule has 0 saturated carbocycles. The fraction of sp³-hybridized carbons (Fsp3) is 0.900. The highest BCUT2D eigenvalue weighted by Crippen LogP contribution is 2.10. The maximum absolute atomic E-state index is 11.7. The van der Waals surface area contributed by atoms with E-state index in [0.29, 0.717) is 26.1 Å². The lowest BCUT2D eigenvalue weighted by molar-refractivity contribution is -0.143. The Morgan fingerprint density at radius 3 is 2.59 bits per heavy atom. The van der Waals surface area contributed by atoms with Crippen molar-refractivity contribution in [3.63, 3.8) is 0 Å². The molecule has 0 spiro atoms. The third kappa shape index (κ3) is 8.36. The molecule has 0 aromatic rings. The van der Waals surface area contributed by atoms with Crippen LogP contribution in [0.15, 0.2) is 5.11 Å². The molecule has 0 aliphatic carbocycles. The SMILES string of the molecule is CCON(CCCN=[N+]=[N-])C(=O)OC(C)(C)C. The zero-order valence-electron chi connectivity index (χ0n) is 10.8. The van der Waals surface area contributed by atoms with E-state index in [2.05, 4.69) is 10.0 Å². The molecule has 0 atom stereocenters. The zero-order chi connectivity index (χ0) is 13.3. The first-order valence-corrected chi connectivity index (χ1v) is 5.55. The average Bonchev–Trinajstić information content (AvgIpc) is 2.20. The van der Waals surface area contributed by atoms with Crippen molar-refractivity contribution in [3.05, 3.63) is 10.4 Å². The molecule has 7 nitrogen and oxygen atoms in total. The number of carbonyl (C=O) groups is 1. The Labute approximate surface area is 101 Å². The predicted molar refractivity (Wildman–Crippen MR) is 63.2 cm³/mol. The fourth-order valence-electron chi connectivity index (χ4n) is 1.01. The summed E-state index contributed by atoms with van der Waals surface area (Å²) < 4.78 is 5.17. The summed E-state index contributed by atoms with van der Waals surface area (Å²) in [4.78, 5) is 19.5. The Kier molecular flexibility index (Phi) is 7.09. The number of hydrogen-bond acceptors (Lipinski definition) is 4. The molecule has 0 unspecified atom stereocenters. The van der Waals surface area contributed by atoms with Crippen molar-refractivity contribution in [1.29, 1.82) is 0 Å². The summed E-state index contributed by atoms with van der Waals surface area (Å²) in [7, 11) is 0. The van der Waals surface area contributed by atoms with E-state index in [1.807, 2.05) is 0 Å². The molecule has 0 fully saturated rings. The van der Waals surface area contributed by atoms with Gasteiger partial charge in [0.2, 0.25) is 0 Å². The van der Waals surface area contributed by atoms with Crippen LogP contribution in [-0.4, -0.2) is 36.5 Å². The number of rotatable bonds is 6. The van der Waals surface area contributed by atoms with Gasteiger partial charge in [0.1, 0.15) is 5.60 Å². The van der Waals surface area contributed by atoms with Crippen molar-refractivity contribution in [2.24, 2.45) is 5.11 Å². The first-order chi connectivity index (χ1) is 7.90. The van der Waals surface area contributed by atoms with E-state index in [9.17, 15) is 4.79 Å². The van der Waals surface area contributed by atoms with Crippen molar-refractivity contribution in [2.75, 3.05) is 19.7 Å². The Hall–Kier alpha value is -1.46. The van der Waals surface area contributed by atoms with Crippen LogP contribution in [0.4, 0.5) is 4.79 Å². The van der Waals surface area contributed by atoms with Gasteiger partial charge < -0.3 is 4.74 Å². The van der Waals surface area contributed by atoms with Gasteiger partial charge in [-0.3, -0.25) is 4.84 Å². The van der Waals surface area contributed by atoms with Gasteiger partial charge in [-0.15, -0.1) is 0 Å². The molecule has 0 radical (unpaired) electrons. The van der Waals surface area contributed by atoms with Crippen LogP contribution in [0, 0.1) is 0 Å². The topological polar surface area (TPSA) is 87.5 Å². The average molecular weight is 244 g/mol. The molecule has 0 aliphatic heterocycles. The molecule has 0 aromatic heterocycles. The first kappa shape index (κ1) is 15.5. The normalized spacial score (nSPS) is 10.6. The van der Waals surface area contributed by atoms with Crippen LogP contribution in [0.25, 0.3) is 10.4 Å². The smallest absolute Gasteiger partial charge is 0.434 e. The Balaban J connectivity index is 4.20. The number of ether oxygens (including phenoxy) is 1. The van der Waals surface area contributed by atoms with Crippen molar-refractivity contribution in [3.8, 4) is 0 Å². The quantitative estimate of drug-likeness (QED) is 0.236. The summed E-state index contributed by atoms with van der Waals surface area (Å²) >= 11 is 0. The molecule has 0 aromatic carbocycles. The van der Waals surface area contributed by atoms with E-state index in [0.717, 1.165) is 5.06 Å². The number of carbonyl (C=O) groups excluding carboxylic acids is 1. The van der Waals surface area contributed by atoms with Crippen molar-refractivity contribution in [2.45, 2.75) is 39.7 Å². The summed E-state index contributed by atoms with van der Waals surface area (Å²) in [5.41, 5.74) is 7.56. The van der Waals surface area contributed by atoms with Crippen LogP contribution in [0.1, 0.15) is 34.1 Å². The van der Waals surface area contributed by atoms with Gasteiger partial charge in [0.05, 0.1) is 13.2 Å². The number of nitrogens with zero attached hydrogens (tertiary/aromatic N) is 4. The number of hydroxylamine groups is 2. The lowest BCUT2D eigenvalue weighted by atomic mass is 10.2. The van der Waals surface area contributed by atoms with Gasteiger partial charge in [-0.05, 0) is 39.6 Å². The largest absolute Gasteiger partial charge is 0.442 e. The minimum absolute atomic E-state index is 0.322. The van der Waals surface area contributed by atoms with Gasteiger partial charge in [-0.2, -0.15) is 5.06 Å². The second-order valence-corrected chi connectivity index (χ2v) is 4.31. The van der Waals surface area contributed by atoms with E-state index in [-0.39, 0.29) is 0 Å². The molecular weight excluding hydrogens is 224 g/mol. The maximum Gasteiger partial charge on any atom is 0.434 e. The van der Waals surface area contributed by atoms with E-state index in [4.69, 9.17) is 15.1 Å². The maximum atomic E-state index is 11.7. The minimum Gasteiger partial charge on any atom is -0.442 e. The van der Waals surface area contributed by atoms with Crippen LogP contribution >= 0.6 is 0 Å². The predicted octanol–water partition coefficient (Wildman–Crippen LogP) is 2.88. The van der Waals surface area contributed by atoms with E-state index >= 15 is 0 Å². The third-order valence-electron chi connectivity index (χ3n) is 1.56. The summed E-state index contributed by atoms with van der Waals surface area (Å²) in [5, 5.41) is 4.53. The molecule has 17 heavy (non-hydrogen) atoms. The van der Waals surface area contributed by atoms with Crippen LogP contribution in [-0.2, 0) is 9.57 Å². The lowest BCUT2D eigenvalue weighted by Crippen LogP contribution is -2.37. The second-order valence-electron chi connectivity index (χ2n) is 4.31. The highest BCUT2D eigenvalue weighted by Gasteiger charge is 2.22. The van der Waals surface area contributed by atoms with Crippen molar-refractivity contribution in [1.82, 2.24) is 5.06 Å². The minimum atomic E-state index is -0.558. The molecule has 0 bridgehead atoms. The van der Waals surface area contributed by atoms with Crippen molar-refractivity contribution >= 4 is 6.09 Å². The summed E-state index contributed by atoms with van der Waals surface area (Å²) in [6.45, 7) is 8.18. The number of hydrogen-bond donors (Lipinski definition) is 0. The highest BCUT2D eigenvalue weighted by atomic mass is 16.7. The number of amides is 1. The molecule has 7 heteroatoms. The van der Waals surface area contributed by atoms with Crippen LogP contribution in [0.2, 0.25) is 0 Å². The second kappa shape index (κ2) is 7.76. The zero-order valence-corrected chi connectivity index (χ0v) is 10.8. The Bertz CT molecular complexity index is 282. The third-order valence-corrected chi connectivity index (χ3v) is 1.56. The lowest BCUT2D eigenvalue weighted by Gasteiger charge is -2.26. The number of azide groups is 1. The standard InChI is InChI=1S/C10H20N4O3/c1-5-16-14(8-6-7-12-13-11)9(15)17-10(2,3)4/h5-8H2,1-4H3. The molecular formula is C10H20N4O3. The van der Waals surface area contributed by atoms with Gasteiger partial charge in [-0.1, -0.05) is 5.11 Å². The van der Waals surface area contributed by atoms with Gasteiger partial charge >= 0.3 is 6.09 Å². The molecule has 0 rings (SSSR count). The van der Waals surface area contributed by atoms with Gasteiger partial charge in [-0.25, -0.2) is 4.79 Å². The summed E-state index contributed by atoms with van der Waals surface area (Å²) in [6, 6.07) is 0. The van der Waals surface area contributed by atoms with E-state index in [1.165, 1.54) is 0 Å². The monoisotopic (exact) mass is 244 g/mol. The molecule has 1 amide bonds. The van der Waals surface area contributed by atoms with Crippen molar-refractivity contribution < 1.29 is 14.4 Å².